The molecule has 8 heteroatoms. The fourth-order valence-electron chi connectivity index (χ4n) is 4.90. The van der Waals surface area contributed by atoms with E-state index in [1.54, 1.807) is 11.8 Å². The summed E-state index contributed by atoms with van der Waals surface area (Å²) >= 11 is 1.63. The van der Waals surface area contributed by atoms with Crippen LogP contribution >= 0.6 is 11.8 Å². The van der Waals surface area contributed by atoms with E-state index in [1.165, 1.54) is 5.56 Å². The molecule has 1 saturated heterocycles. The summed E-state index contributed by atoms with van der Waals surface area (Å²) in [5.41, 5.74) is 2.91. The molecule has 1 aliphatic rings. The van der Waals surface area contributed by atoms with Gasteiger partial charge in [0.25, 0.3) is 5.91 Å². The van der Waals surface area contributed by atoms with E-state index in [0.717, 1.165) is 28.8 Å². The Bertz CT molecular complexity index is 1380. The van der Waals surface area contributed by atoms with Crippen molar-refractivity contribution in [1.82, 2.24) is 24.6 Å². The Labute approximate surface area is 233 Å². The Morgan fingerprint density at radius 2 is 1.54 bits per heavy atom. The lowest BCUT2D eigenvalue weighted by molar-refractivity contribution is -0.133. The minimum absolute atomic E-state index is 0.0164. The largest absolute Gasteiger partial charge is 0.339 e. The Kier molecular flexibility index (Phi) is 8.73. The normalized spacial score (nSPS) is 15.4. The van der Waals surface area contributed by atoms with Crippen LogP contribution in [0.5, 0.6) is 0 Å². The molecule has 200 valence electrons. The van der Waals surface area contributed by atoms with Gasteiger partial charge >= 0.3 is 0 Å². The molecule has 1 unspecified atom stereocenters. The van der Waals surface area contributed by atoms with Crippen LogP contribution in [0.3, 0.4) is 0 Å². The molecule has 2 heterocycles. The number of piperazine rings is 1. The van der Waals surface area contributed by atoms with Crippen molar-refractivity contribution in [3.05, 3.63) is 108 Å². The molecule has 3 aromatic carbocycles. The minimum atomic E-state index is -0.0164. The van der Waals surface area contributed by atoms with Crippen LogP contribution in [0.4, 0.5) is 0 Å². The van der Waals surface area contributed by atoms with E-state index in [1.807, 2.05) is 83.5 Å². The fraction of sp³-hybridized carbons (Fsp3) is 0.290. The minimum Gasteiger partial charge on any atom is -0.339 e. The predicted octanol–water partition coefficient (Wildman–Crippen LogP) is 5.10. The molecular weight excluding hydrogens is 506 g/mol. The number of para-hydroxylation sites is 1. The summed E-state index contributed by atoms with van der Waals surface area (Å²) in [6.45, 7) is 3.70. The zero-order chi connectivity index (χ0) is 27.0. The van der Waals surface area contributed by atoms with Crippen molar-refractivity contribution in [2.24, 2.45) is 0 Å². The fourth-order valence-corrected chi connectivity index (χ4v) is 5.81. The summed E-state index contributed by atoms with van der Waals surface area (Å²) in [5.74, 6) is 1.83. The number of amides is 2. The van der Waals surface area contributed by atoms with Crippen LogP contribution in [0.2, 0.25) is 0 Å². The van der Waals surface area contributed by atoms with Gasteiger partial charge in [-0.3, -0.25) is 14.2 Å². The first kappa shape index (κ1) is 26.7. The molecule has 0 N–H and O–H groups in total. The standard InChI is InChI=1S/C31H33N5O2S/c1-24-23-34(19-20-35(24)30(38)26-14-7-3-8-15-26)29(37)18-11-21-39-31-33-32-28(22-25-12-5-2-6-13-25)36(31)27-16-9-4-10-17-27/h2-10,12-17,24H,11,18-23H2,1H3. The van der Waals surface area contributed by atoms with Gasteiger partial charge in [-0.05, 0) is 43.2 Å². The smallest absolute Gasteiger partial charge is 0.254 e. The predicted molar refractivity (Wildman–Crippen MR) is 154 cm³/mol. The molecule has 39 heavy (non-hydrogen) atoms. The van der Waals surface area contributed by atoms with Crippen LogP contribution in [0.15, 0.2) is 96.2 Å². The zero-order valence-corrected chi connectivity index (χ0v) is 23.0. The van der Waals surface area contributed by atoms with E-state index in [2.05, 4.69) is 39.0 Å². The Hall–Kier alpha value is -3.91. The third-order valence-corrected chi connectivity index (χ3v) is 7.96. The average molecular weight is 540 g/mol. The second-order valence-electron chi connectivity index (χ2n) is 9.74. The maximum absolute atomic E-state index is 13.0. The first-order chi connectivity index (χ1) is 19.1. The van der Waals surface area contributed by atoms with Crippen LogP contribution in [-0.2, 0) is 11.2 Å². The van der Waals surface area contributed by atoms with Gasteiger partial charge in [0.1, 0.15) is 5.82 Å². The lowest BCUT2D eigenvalue weighted by Crippen LogP contribution is -2.55. The highest BCUT2D eigenvalue weighted by molar-refractivity contribution is 7.99. The first-order valence-corrected chi connectivity index (χ1v) is 14.4. The second kappa shape index (κ2) is 12.8. The number of hydrogen-bond donors (Lipinski definition) is 0. The molecular formula is C31H33N5O2S. The molecule has 5 rings (SSSR count). The Morgan fingerprint density at radius 3 is 2.23 bits per heavy atom. The quantitative estimate of drug-likeness (QED) is 0.219. The number of benzene rings is 3. The van der Waals surface area contributed by atoms with Crippen molar-refractivity contribution < 1.29 is 9.59 Å². The van der Waals surface area contributed by atoms with Crippen LogP contribution in [-0.4, -0.2) is 67.8 Å². The van der Waals surface area contributed by atoms with Gasteiger partial charge in [-0.25, -0.2) is 0 Å². The SMILES string of the molecule is CC1CN(C(=O)CCCSc2nnc(Cc3ccccc3)n2-c2ccccc2)CCN1C(=O)c1ccccc1. The Balaban J connectivity index is 1.15. The van der Waals surface area contributed by atoms with E-state index in [-0.39, 0.29) is 17.9 Å². The summed E-state index contributed by atoms with van der Waals surface area (Å²) in [7, 11) is 0. The average Bonchev–Trinajstić information content (AvgIpc) is 3.38. The molecule has 0 saturated carbocycles. The third-order valence-electron chi connectivity index (χ3n) is 6.95. The van der Waals surface area contributed by atoms with Gasteiger partial charge in [-0.2, -0.15) is 0 Å². The van der Waals surface area contributed by atoms with Crippen molar-refractivity contribution in [3.8, 4) is 5.69 Å². The van der Waals surface area contributed by atoms with Crippen molar-refractivity contribution >= 4 is 23.6 Å². The number of hydrogen-bond acceptors (Lipinski definition) is 5. The molecule has 0 aliphatic carbocycles. The number of nitrogens with zero attached hydrogens (tertiary/aromatic N) is 5. The first-order valence-electron chi connectivity index (χ1n) is 13.4. The van der Waals surface area contributed by atoms with Gasteiger partial charge in [0.15, 0.2) is 5.16 Å². The Morgan fingerprint density at radius 1 is 0.872 bits per heavy atom. The zero-order valence-electron chi connectivity index (χ0n) is 22.1. The highest BCUT2D eigenvalue weighted by atomic mass is 32.2. The summed E-state index contributed by atoms with van der Waals surface area (Å²) in [6.07, 6.45) is 1.91. The molecule has 0 radical (unpaired) electrons. The van der Waals surface area contributed by atoms with E-state index < -0.39 is 0 Å². The van der Waals surface area contributed by atoms with Gasteiger partial charge in [0.05, 0.1) is 0 Å². The second-order valence-corrected chi connectivity index (χ2v) is 10.8. The number of rotatable bonds is 9. The van der Waals surface area contributed by atoms with Crippen LogP contribution in [0.1, 0.15) is 41.5 Å². The maximum atomic E-state index is 13.0. The van der Waals surface area contributed by atoms with Gasteiger partial charge < -0.3 is 9.80 Å². The monoisotopic (exact) mass is 539 g/mol. The summed E-state index contributed by atoms with van der Waals surface area (Å²) in [5, 5.41) is 9.84. The van der Waals surface area contributed by atoms with Gasteiger partial charge in [0.2, 0.25) is 5.91 Å². The molecule has 1 fully saturated rings. The maximum Gasteiger partial charge on any atom is 0.254 e. The van der Waals surface area contributed by atoms with Crippen LogP contribution in [0, 0.1) is 0 Å². The van der Waals surface area contributed by atoms with E-state index >= 15 is 0 Å². The van der Waals surface area contributed by atoms with Crippen molar-refractivity contribution in [2.45, 2.75) is 37.4 Å². The van der Waals surface area contributed by atoms with Crippen LogP contribution in [0.25, 0.3) is 5.69 Å². The molecule has 1 aliphatic heterocycles. The summed E-state index contributed by atoms with van der Waals surface area (Å²) < 4.78 is 2.12. The van der Waals surface area contributed by atoms with Crippen LogP contribution < -0.4 is 0 Å². The topological polar surface area (TPSA) is 71.3 Å². The number of thioether (sulfide) groups is 1. The molecule has 1 atom stereocenters. The number of carbonyl (C=O) groups excluding carboxylic acids is 2. The molecule has 2 amide bonds. The third kappa shape index (κ3) is 6.57. The molecule has 1 aromatic heterocycles. The van der Waals surface area contributed by atoms with Gasteiger partial charge in [-0.1, -0.05) is 78.5 Å². The molecule has 0 spiro atoms. The lowest BCUT2D eigenvalue weighted by Gasteiger charge is -2.40. The lowest BCUT2D eigenvalue weighted by atomic mass is 10.1. The van der Waals surface area contributed by atoms with E-state index in [0.29, 0.717) is 38.0 Å². The van der Waals surface area contributed by atoms with Gasteiger partial charge in [-0.15, -0.1) is 10.2 Å². The van der Waals surface area contributed by atoms with Gasteiger partial charge in [0, 0.05) is 55.5 Å². The highest BCUT2D eigenvalue weighted by Crippen LogP contribution is 2.25. The van der Waals surface area contributed by atoms with E-state index in [9.17, 15) is 9.59 Å². The summed E-state index contributed by atoms with van der Waals surface area (Å²) in [6, 6.07) is 29.8. The molecule has 0 bridgehead atoms. The number of carbonyl (C=O) groups is 2. The molecule has 4 aromatic rings. The van der Waals surface area contributed by atoms with E-state index in [4.69, 9.17) is 0 Å². The van der Waals surface area contributed by atoms with Crippen molar-refractivity contribution in [2.75, 3.05) is 25.4 Å². The number of aromatic nitrogens is 3. The van der Waals surface area contributed by atoms with Crippen molar-refractivity contribution in [1.29, 1.82) is 0 Å². The summed E-state index contributed by atoms with van der Waals surface area (Å²) in [4.78, 5) is 29.6. The molecule has 7 nitrogen and oxygen atoms in total. The van der Waals surface area contributed by atoms with Crippen molar-refractivity contribution in [3.63, 3.8) is 0 Å². The highest BCUT2D eigenvalue weighted by Gasteiger charge is 2.30.